The van der Waals surface area contributed by atoms with E-state index in [-0.39, 0.29) is 18.6 Å². The van der Waals surface area contributed by atoms with Gasteiger partial charge in [-0.1, -0.05) is 35.9 Å². The number of piperazine rings is 1. The normalized spacial score (nSPS) is 18.9. The molecule has 0 aliphatic carbocycles. The Hall–Kier alpha value is -4.11. The van der Waals surface area contributed by atoms with Crippen molar-refractivity contribution in [3.05, 3.63) is 94.3 Å². The number of rotatable bonds is 6. The van der Waals surface area contributed by atoms with Crippen LogP contribution >= 0.6 is 11.6 Å². The molecule has 0 unspecified atom stereocenters. The van der Waals surface area contributed by atoms with Crippen LogP contribution in [0.3, 0.4) is 0 Å². The third kappa shape index (κ3) is 5.60. The summed E-state index contributed by atoms with van der Waals surface area (Å²) in [5, 5.41) is 3.30. The molecule has 8 nitrogen and oxygen atoms in total. The highest BCUT2D eigenvalue weighted by atomic mass is 35.5. The van der Waals surface area contributed by atoms with Crippen LogP contribution < -0.4 is 14.8 Å². The number of methoxy groups -OCH3 is 1. The number of halogens is 2. The molecular formula is C30H30ClFN4O4. The van der Waals surface area contributed by atoms with Crippen LogP contribution in [0.25, 0.3) is 0 Å². The topological polar surface area (TPSA) is 83.5 Å². The number of urea groups is 1. The Morgan fingerprint density at radius 3 is 2.55 bits per heavy atom. The van der Waals surface area contributed by atoms with Gasteiger partial charge < -0.3 is 19.7 Å². The maximum atomic E-state index is 14.5. The summed E-state index contributed by atoms with van der Waals surface area (Å²) >= 11 is 6.21. The molecule has 0 radical (unpaired) electrons. The lowest BCUT2D eigenvalue weighted by atomic mass is 9.93. The highest BCUT2D eigenvalue weighted by Crippen LogP contribution is 2.45. The van der Waals surface area contributed by atoms with E-state index in [2.05, 4.69) is 5.32 Å². The zero-order valence-corrected chi connectivity index (χ0v) is 23.2. The van der Waals surface area contributed by atoms with Crippen LogP contribution in [-0.4, -0.2) is 60.4 Å². The zero-order chi connectivity index (χ0) is 28.4. The predicted molar refractivity (Wildman–Crippen MR) is 150 cm³/mol. The summed E-state index contributed by atoms with van der Waals surface area (Å²) in [7, 11) is 1.56. The van der Waals surface area contributed by atoms with Gasteiger partial charge in [-0.05, 0) is 61.4 Å². The lowest BCUT2D eigenvalue weighted by Crippen LogP contribution is -2.55. The van der Waals surface area contributed by atoms with Crippen molar-refractivity contribution in [2.24, 2.45) is 4.99 Å². The SMILES string of the molecule is COc1ccc(C2=N[C@H](c3cccc(F)c3)[C@H](c3ccc(Cl)cc3)N2C(=O)N2CCNC(=O)C2)c(OC(C)C)c1. The molecule has 3 aromatic carbocycles. The van der Waals surface area contributed by atoms with Gasteiger partial charge in [0.25, 0.3) is 0 Å². The number of amidine groups is 1. The number of aliphatic imine (C=N–C) groups is 1. The molecule has 0 bridgehead atoms. The molecule has 40 heavy (non-hydrogen) atoms. The van der Waals surface area contributed by atoms with Gasteiger partial charge in [-0.15, -0.1) is 0 Å². The number of carbonyl (C=O) groups is 2. The molecule has 0 aromatic heterocycles. The molecule has 10 heteroatoms. The van der Waals surface area contributed by atoms with E-state index in [1.165, 1.54) is 17.0 Å². The van der Waals surface area contributed by atoms with Gasteiger partial charge in [0.15, 0.2) is 0 Å². The first-order valence-corrected chi connectivity index (χ1v) is 13.4. The van der Waals surface area contributed by atoms with Crippen molar-refractivity contribution in [3.8, 4) is 11.5 Å². The van der Waals surface area contributed by atoms with Gasteiger partial charge in [-0.2, -0.15) is 0 Å². The van der Waals surface area contributed by atoms with Gasteiger partial charge in [-0.3, -0.25) is 14.7 Å². The minimum Gasteiger partial charge on any atom is -0.497 e. The number of carbonyl (C=O) groups excluding carboxylic acids is 2. The van der Waals surface area contributed by atoms with Gasteiger partial charge in [0.1, 0.15) is 35.7 Å². The molecule has 3 aromatic rings. The summed E-state index contributed by atoms with van der Waals surface area (Å²) in [6.07, 6.45) is -0.172. The summed E-state index contributed by atoms with van der Waals surface area (Å²) in [5.41, 5.74) is 1.93. The summed E-state index contributed by atoms with van der Waals surface area (Å²) in [6.45, 7) is 4.40. The number of hydrogen-bond donors (Lipinski definition) is 1. The van der Waals surface area contributed by atoms with Crippen molar-refractivity contribution < 1.29 is 23.5 Å². The minimum absolute atomic E-state index is 0.0848. The molecule has 1 N–H and O–H groups in total. The fraction of sp³-hybridized carbons (Fsp3) is 0.300. The van der Waals surface area contributed by atoms with Crippen molar-refractivity contribution >= 4 is 29.4 Å². The average Bonchev–Trinajstić information content (AvgIpc) is 3.33. The van der Waals surface area contributed by atoms with Crippen molar-refractivity contribution in [1.29, 1.82) is 0 Å². The second kappa shape index (κ2) is 11.6. The molecule has 1 fully saturated rings. The second-order valence-electron chi connectivity index (χ2n) is 9.90. The van der Waals surface area contributed by atoms with Crippen LogP contribution in [0.15, 0.2) is 71.7 Å². The first-order chi connectivity index (χ1) is 19.2. The highest BCUT2D eigenvalue weighted by Gasteiger charge is 2.45. The second-order valence-corrected chi connectivity index (χ2v) is 10.3. The van der Waals surface area contributed by atoms with E-state index in [0.717, 1.165) is 5.56 Å². The predicted octanol–water partition coefficient (Wildman–Crippen LogP) is 5.37. The number of nitrogens with one attached hydrogen (secondary N) is 1. The average molecular weight is 565 g/mol. The van der Waals surface area contributed by atoms with Crippen molar-refractivity contribution in [1.82, 2.24) is 15.1 Å². The van der Waals surface area contributed by atoms with E-state index in [1.54, 1.807) is 54.5 Å². The molecule has 2 heterocycles. The first kappa shape index (κ1) is 27.5. The maximum Gasteiger partial charge on any atom is 0.326 e. The van der Waals surface area contributed by atoms with Gasteiger partial charge in [0.2, 0.25) is 5.91 Å². The third-order valence-corrected chi connectivity index (χ3v) is 7.03. The van der Waals surface area contributed by atoms with Crippen molar-refractivity contribution in [3.63, 3.8) is 0 Å². The Labute approximate surface area is 237 Å². The third-order valence-electron chi connectivity index (χ3n) is 6.78. The maximum absolute atomic E-state index is 14.5. The Morgan fingerprint density at radius 1 is 1.10 bits per heavy atom. The Morgan fingerprint density at radius 2 is 1.88 bits per heavy atom. The smallest absolute Gasteiger partial charge is 0.326 e. The molecule has 0 saturated carbocycles. The number of ether oxygens (including phenoxy) is 2. The minimum atomic E-state index is -0.652. The van der Waals surface area contributed by atoms with E-state index >= 15 is 0 Å². The van der Waals surface area contributed by atoms with E-state index in [0.29, 0.717) is 46.6 Å². The van der Waals surface area contributed by atoms with Crippen LogP contribution in [0.2, 0.25) is 5.02 Å². The Balaban J connectivity index is 1.72. The molecule has 3 amide bonds. The van der Waals surface area contributed by atoms with Crippen LogP contribution in [0.5, 0.6) is 11.5 Å². The summed E-state index contributed by atoms with van der Waals surface area (Å²) < 4.78 is 26.1. The highest BCUT2D eigenvalue weighted by molar-refractivity contribution is 6.30. The van der Waals surface area contributed by atoms with E-state index in [4.69, 9.17) is 26.1 Å². The van der Waals surface area contributed by atoms with Crippen molar-refractivity contribution in [2.45, 2.75) is 32.0 Å². The van der Waals surface area contributed by atoms with Gasteiger partial charge in [0, 0.05) is 24.2 Å². The zero-order valence-electron chi connectivity index (χ0n) is 22.4. The number of benzene rings is 3. The van der Waals surface area contributed by atoms with E-state index in [1.807, 2.05) is 26.0 Å². The first-order valence-electron chi connectivity index (χ1n) is 13.0. The molecule has 0 spiro atoms. The Bertz CT molecular complexity index is 1450. The largest absolute Gasteiger partial charge is 0.497 e. The van der Waals surface area contributed by atoms with Crippen molar-refractivity contribution in [2.75, 3.05) is 26.7 Å². The number of hydrogen-bond acceptors (Lipinski definition) is 5. The van der Waals surface area contributed by atoms with Gasteiger partial charge in [0.05, 0.1) is 24.8 Å². The van der Waals surface area contributed by atoms with Crippen LogP contribution in [0.1, 0.15) is 42.6 Å². The van der Waals surface area contributed by atoms with Gasteiger partial charge >= 0.3 is 6.03 Å². The fourth-order valence-electron chi connectivity index (χ4n) is 5.01. The monoisotopic (exact) mass is 564 g/mol. The lowest BCUT2D eigenvalue weighted by Gasteiger charge is -2.36. The molecular weight excluding hydrogens is 535 g/mol. The van der Waals surface area contributed by atoms with Crippen LogP contribution in [0, 0.1) is 5.82 Å². The molecule has 2 aliphatic heterocycles. The molecule has 2 atom stereocenters. The van der Waals surface area contributed by atoms with E-state index < -0.39 is 23.9 Å². The quantitative estimate of drug-likeness (QED) is 0.436. The molecule has 208 valence electrons. The van der Waals surface area contributed by atoms with Crippen LogP contribution in [0.4, 0.5) is 9.18 Å². The summed E-state index contributed by atoms with van der Waals surface area (Å²) in [6, 6.07) is 17.0. The van der Waals surface area contributed by atoms with Gasteiger partial charge in [-0.25, -0.2) is 9.18 Å². The molecule has 1 saturated heterocycles. The summed E-state index contributed by atoms with van der Waals surface area (Å²) in [4.78, 5) is 34.7. The number of nitrogens with zero attached hydrogens (tertiary/aromatic N) is 3. The molecule has 5 rings (SSSR count). The standard InChI is InChI=1S/C30H30ClFN4O4/c1-18(2)40-25-16-23(39-3)11-12-24(25)29-34-27(20-5-4-6-22(32)15-20)28(19-7-9-21(31)10-8-19)36(29)30(38)35-14-13-33-26(37)17-35/h4-12,15-16,18,27-28H,13-14,17H2,1-3H3,(H,33,37)/t27-,28+/m1/s1. The molecule has 2 aliphatic rings. The number of amides is 3. The van der Waals surface area contributed by atoms with E-state index in [9.17, 15) is 14.0 Å². The van der Waals surface area contributed by atoms with Crippen LogP contribution in [-0.2, 0) is 4.79 Å². The lowest BCUT2D eigenvalue weighted by molar-refractivity contribution is -0.123. The Kier molecular flexibility index (Phi) is 7.93. The fourth-order valence-corrected chi connectivity index (χ4v) is 5.13. The summed E-state index contributed by atoms with van der Waals surface area (Å²) in [5.74, 6) is 0.769.